The standard InChI is InChI=1S/C50H71ClO8Si2/c1-49(2,3)60(7,8)58-45-41(51)31-32-54-42(45)28-20-27-40(52)29-30-43-47(59-61(9,10)50(4,5)6)48(56-35-39-25-18-13-19-26-39)46(55-34-38-23-16-12-17-24-38)44(57-43)36-53-33-37-21-14-11-15-22-37/h11-19,21-26,41-48H,28-36H2,1-10H3/t41-,42+,43-,44+,45-,46-,47-,48-/m0/s1. The predicted molar refractivity (Wildman–Crippen MR) is 250 cm³/mol. The number of ether oxygens (including phenoxy) is 5. The highest BCUT2D eigenvalue weighted by atomic mass is 35.5. The first-order valence-corrected chi connectivity index (χ1v) is 28.3. The van der Waals surface area contributed by atoms with Gasteiger partial charge in [-0.3, -0.25) is 4.79 Å². The molecule has 0 N–H and O–H groups in total. The van der Waals surface area contributed by atoms with Crippen LogP contribution in [0.2, 0.25) is 36.3 Å². The summed E-state index contributed by atoms with van der Waals surface area (Å²) in [4.78, 5) is 13.7. The Morgan fingerprint density at radius 3 is 1.69 bits per heavy atom. The Kier molecular flexibility index (Phi) is 18.0. The van der Waals surface area contributed by atoms with Gasteiger partial charge in [0.1, 0.15) is 24.4 Å². The van der Waals surface area contributed by atoms with Gasteiger partial charge in [-0.25, -0.2) is 0 Å². The van der Waals surface area contributed by atoms with E-state index in [0.717, 1.165) is 23.1 Å². The molecule has 2 fully saturated rings. The van der Waals surface area contributed by atoms with E-state index in [9.17, 15) is 4.79 Å². The lowest BCUT2D eigenvalue weighted by Gasteiger charge is -2.50. The molecule has 0 spiro atoms. The Bertz CT molecular complexity index is 1840. The van der Waals surface area contributed by atoms with Crippen LogP contribution in [-0.4, -0.2) is 83.7 Å². The molecule has 3 aromatic carbocycles. The molecule has 0 aromatic heterocycles. The molecular weight excluding hydrogens is 820 g/mol. The third kappa shape index (κ3) is 14.4. The topological polar surface area (TPSA) is 81.7 Å². The molecule has 0 amide bonds. The van der Waals surface area contributed by atoms with Crippen molar-refractivity contribution in [1.82, 2.24) is 0 Å². The second kappa shape index (κ2) is 22.3. The fourth-order valence-electron chi connectivity index (χ4n) is 7.06. The highest BCUT2D eigenvalue weighted by Crippen LogP contribution is 2.42. The van der Waals surface area contributed by atoms with E-state index in [1.165, 1.54) is 0 Å². The molecule has 0 aliphatic carbocycles. The maximum absolute atomic E-state index is 13.7. The first-order chi connectivity index (χ1) is 28.8. The van der Waals surface area contributed by atoms with Crippen molar-refractivity contribution >= 4 is 34.0 Å². The zero-order valence-corrected chi connectivity index (χ0v) is 41.0. The van der Waals surface area contributed by atoms with Gasteiger partial charge in [0, 0.05) is 19.4 Å². The van der Waals surface area contributed by atoms with Crippen molar-refractivity contribution in [2.24, 2.45) is 0 Å². The van der Waals surface area contributed by atoms with Gasteiger partial charge in [-0.15, -0.1) is 11.6 Å². The van der Waals surface area contributed by atoms with Crippen molar-refractivity contribution in [2.75, 3.05) is 13.2 Å². The first-order valence-electron chi connectivity index (χ1n) is 22.1. The van der Waals surface area contributed by atoms with Crippen molar-refractivity contribution in [3.8, 4) is 11.8 Å². The molecule has 0 saturated carbocycles. The summed E-state index contributed by atoms with van der Waals surface area (Å²) in [5, 5.41) is -0.254. The molecule has 2 heterocycles. The maximum atomic E-state index is 13.7. The maximum Gasteiger partial charge on any atom is 0.205 e. The fourth-order valence-corrected chi connectivity index (χ4v) is 10.1. The number of hydrogen-bond acceptors (Lipinski definition) is 8. The fraction of sp³-hybridized carbons (Fsp3) is 0.580. The van der Waals surface area contributed by atoms with Gasteiger partial charge in [-0.1, -0.05) is 138 Å². The summed E-state index contributed by atoms with van der Waals surface area (Å²) in [5.74, 6) is 5.91. The second-order valence-corrected chi connectivity index (χ2v) is 29.7. The monoisotopic (exact) mass is 890 g/mol. The molecule has 334 valence electrons. The van der Waals surface area contributed by atoms with Crippen molar-refractivity contribution in [3.63, 3.8) is 0 Å². The quantitative estimate of drug-likeness (QED) is 0.0541. The van der Waals surface area contributed by atoms with E-state index in [1.54, 1.807) is 0 Å². The van der Waals surface area contributed by atoms with Crippen LogP contribution in [0.4, 0.5) is 0 Å². The van der Waals surface area contributed by atoms with E-state index in [0.29, 0.717) is 39.3 Å². The van der Waals surface area contributed by atoms with Crippen molar-refractivity contribution in [3.05, 3.63) is 108 Å². The van der Waals surface area contributed by atoms with Gasteiger partial charge in [-0.05, 0) is 71.7 Å². The largest absolute Gasteiger partial charge is 0.410 e. The van der Waals surface area contributed by atoms with E-state index in [-0.39, 0.29) is 46.5 Å². The minimum absolute atomic E-state index is 0.0211. The SMILES string of the molecule is CC(C)(C)[Si](C)(C)O[C@@H]1[C@@H](OCc2ccccc2)[C@@H](OCc2ccccc2)[C@@H](COCc2ccccc2)O[C@H]1CCC(=O)C#CC[C@H]1OCC[C@H](Cl)[C@@H]1O[Si](C)(C)C(C)(C)C. The van der Waals surface area contributed by atoms with Crippen molar-refractivity contribution in [2.45, 2.75) is 171 Å². The van der Waals surface area contributed by atoms with Crippen LogP contribution in [0.3, 0.4) is 0 Å². The van der Waals surface area contributed by atoms with Gasteiger partial charge < -0.3 is 32.5 Å². The van der Waals surface area contributed by atoms with Crippen LogP contribution >= 0.6 is 11.6 Å². The lowest BCUT2D eigenvalue weighted by molar-refractivity contribution is -0.258. The summed E-state index contributed by atoms with van der Waals surface area (Å²) in [6.07, 6.45) is -1.54. The van der Waals surface area contributed by atoms with Gasteiger partial charge in [0.15, 0.2) is 16.6 Å². The van der Waals surface area contributed by atoms with Crippen LogP contribution in [0, 0.1) is 11.8 Å². The van der Waals surface area contributed by atoms with E-state index in [4.69, 9.17) is 44.1 Å². The highest BCUT2D eigenvalue weighted by molar-refractivity contribution is 6.74. The second-order valence-electron chi connectivity index (χ2n) is 19.6. The van der Waals surface area contributed by atoms with Gasteiger partial charge in [0.2, 0.25) is 5.78 Å². The summed E-state index contributed by atoms with van der Waals surface area (Å²) < 4.78 is 47.5. The van der Waals surface area contributed by atoms with E-state index in [2.05, 4.69) is 104 Å². The van der Waals surface area contributed by atoms with Crippen LogP contribution in [0.1, 0.15) is 83.9 Å². The molecule has 0 unspecified atom stereocenters. The predicted octanol–water partition coefficient (Wildman–Crippen LogP) is 11.1. The van der Waals surface area contributed by atoms with Gasteiger partial charge in [0.05, 0.1) is 50.1 Å². The normalized spacial score (nSPS) is 25.1. The number of alkyl halides is 1. The Labute approximate surface area is 373 Å². The summed E-state index contributed by atoms with van der Waals surface area (Å²) in [7, 11) is -4.55. The number of rotatable bonds is 18. The minimum atomic E-state index is -2.42. The number of hydrogen-bond donors (Lipinski definition) is 0. The average molecular weight is 892 g/mol. The number of Topliss-reactive ketones (excluding diaryl/α,β-unsaturated/α-hetero) is 1. The summed E-state index contributed by atoms with van der Waals surface area (Å²) >= 11 is 6.85. The number of benzene rings is 3. The van der Waals surface area contributed by atoms with Crippen LogP contribution in [0.5, 0.6) is 0 Å². The average Bonchev–Trinajstić information content (AvgIpc) is 3.21. The molecular formula is C50H71ClO8Si2. The third-order valence-electron chi connectivity index (χ3n) is 12.8. The lowest BCUT2D eigenvalue weighted by atomic mass is 9.91. The van der Waals surface area contributed by atoms with Gasteiger partial charge in [-0.2, -0.15) is 0 Å². The molecule has 0 bridgehead atoms. The van der Waals surface area contributed by atoms with Crippen molar-refractivity contribution < 1.29 is 37.3 Å². The summed E-state index contributed by atoms with van der Waals surface area (Å²) in [6, 6.07) is 30.4. The Hall–Kier alpha value is -2.67. The zero-order valence-electron chi connectivity index (χ0n) is 38.3. The van der Waals surface area contributed by atoms with Crippen LogP contribution in [0.25, 0.3) is 0 Å². The van der Waals surface area contributed by atoms with Crippen LogP contribution < -0.4 is 0 Å². The zero-order chi connectivity index (χ0) is 44.3. The third-order valence-corrected chi connectivity index (χ3v) is 22.2. The molecule has 61 heavy (non-hydrogen) atoms. The number of halogens is 1. The Morgan fingerprint density at radius 1 is 0.672 bits per heavy atom. The number of ketones is 1. The molecule has 5 rings (SSSR count). The van der Waals surface area contributed by atoms with Gasteiger partial charge in [0.25, 0.3) is 0 Å². The first kappa shape index (κ1) is 49.4. The van der Waals surface area contributed by atoms with Gasteiger partial charge >= 0.3 is 0 Å². The smallest absolute Gasteiger partial charge is 0.205 e. The van der Waals surface area contributed by atoms with E-state index >= 15 is 0 Å². The number of carbonyl (C=O) groups excluding carboxylic acids is 1. The summed E-state index contributed by atoms with van der Waals surface area (Å²) in [5.41, 5.74) is 3.15. The molecule has 11 heteroatoms. The molecule has 2 aliphatic heterocycles. The van der Waals surface area contributed by atoms with E-state index < -0.39 is 47.2 Å². The lowest BCUT2D eigenvalue weighted by Crippen LogP contribution is -2.63. The Morgan fingerprint density at radius 2 is 1.16 bits per heavy atom. The highest BCUT2D eigenvalue weighted by Gasteiger charge is 2.52. The molecule has 2 saturated heterocycles. The molecule has 8 atom stereocenters. The molecule has 8 nitrogen and oxygen atoms in total. The van der Waals surface area contributed by atoms with Crippen LogP contribution in [-0.2, 0) is 57.2 Å². The van der Waals surface area contributed by atoms with E-state index in [1.807, 2.05) is 66.7 Å². The number of carbonyl (C=O) groups is 1. The summed E-state index contributed by atoms with van der Waals surface area (Å²) in [6.45, 7) is 24.2. The van der Waals surface area contributed by atoms with Crippen LogP contribution in [0.15, 0.2) is 91.0 Å². The Balaban J connectivity index is 1.41. The molecule has 0 radical (unpaired) electrons. The van der Waals surface area contributed by atoms with Crippen molar-refractivity contribution in [1.29, 1.82) is 0 Å². The molecule has 3 aromatic rings. The minimum Gasteiger partial charge on any atom is -0.410 e. The molecule has 2 aliphatic rings.